The molecule has 1 aromatic rings. The molecule has 1 aromatic carbocycles. The number of hydrogen-bond acceptors (Lipinski definition) is 3. The molecule has 0 aliphatic carbocycles. The maximum absolute atomic E-state index is 5.58. The molecule has 2 aliphatic heterocycles. The lowest BCUT2D eigenvalue weighted by atomic mass is 10.2. The number of epoxide rings is 1. The zero-order chi connectivity index (χ0) is 11.0. The minimum atomic E-state index is 0.123. The number of aliphatic imine (C=N–C) groups is 1. The highest BCUT2D eigenvalue weighted by Gasteiger charge is 2.45. The Morgan fingerprint density at radius 2 is 2.12 bits per heavy atom. The first-order chi connectivity index (χ1) is 7.88. The summed E-state index contributed by atoms with van der Waals surface area (Å²) in [6.45, 7) is 4.32. The summed E-state index contributed by atoms with van der Waals surface area (Å²) < 4.78 is 11.0. The fourth-order valence-corrected chi connectivity index (χ4v) is 1.93. The first-order valence-corrected chi connectivity index (χ1v) is 5.42. The van der Waals surface area contributed by atoms with Crippen LogP contribution in [-0.4, -0.2) is 30.8 Å². The molecule has 0 bridgehead atoms. The van der Waals surface area contributed by atoms with Gasteiger partial charge in [0.05, 0.1) is 0 Å². The molecule has 2 heterocycles. The summed E-state index contributed by atoms with van der Waals surface area (Å²) in [5, 5.41) is 0. The van der Waals surface area contributed by atoms with Crippen molar-refractivity contribution in [1.29, 1.82) is 0 Å². The van der Waals surface area contributed by atoms with E-state index < -0.39 is 0 Å². The molecule has 0 aromatic heterocycles. The van der Waals surface area contributed by atoms with Gasteiger partial charge in [0.2, 0.25) is 5.90 Å². The van der Waals surface area contributed by atoms with Gasteiger partial charge < -0.3 is 9.47 Å². The highest BCUT2D eigenvalue weighted by Crippen LogP contribution is 2.30. The maximum Gasteiger partial charge on any atom is 0.216 e. The number of ether oxygens (including phenoxy) is 2. The first-order valence-electron chi connectivity index (χ1n) is 5.42. The summed E-state index contributed by atoms with van der Waals surface area (Å²) in [6.07, 6.45) is 2.15. The molecule has 0 radical (unpaired) electrons. The van der Waals surface area contributed by atoms with Gasteiger partial charge in [-0.15, -0.1) is 6.58 Å². The molecular weight excluding hydrogens is 202 g/mol. The van der Waals surface area contributed by atoms with E-state index in [4.69, 9.17) is 9.47 Å². The van der Waals surface area contributed by atoms with Crippen molar-refractivity contribution in [3.63, 3.8) is 0 Å². The van der Waals surface area contributed by atoms with E-state index >= 15 is 0 Å². The molecule has 82 valence electrons. The van der Waals surface area contributed by atoms with Crippen LogP contribution < -0.4 is 0 Å². The molecule has 0 N–H and O–H groups in total. The summed E-state index contributed by atoms with van der Waals surface area (Å²) in [7, 11) is 0. The van der Waals surface area contributed by atoms with Gasteiger partial charge in [-0.05, 0) is 12.1 Å². The predicted molar refractivity (Wildman–Crippen MR) is 61.6 cm³/mol. The molecular formula is C13H13NO2. The van der Waals surface area contributed by atoms with E-state index in [2.05, 4.69) is 11.6 Å². The Labute approximate surface area is 94.4 Å². The Balaban J connectivity index is 1.75. The molecule has 2 aliphatic rings. The van der Waals surface area contributed by atoms with Gasteiger partial charge in [0.25, 0.3) is 0 Å². The van der Waals surface area contributed by atoms with Crippen molar-refractivity contribution >= 4 is 5.90 Å². The van der Waals surface area contributed by atoms with E-state index in [1.54, 1.807) is 0 Å². The summed E-state index contributed by atoms with van der Waals surface area (Å²) in [5.41, 5.74) is 1.03. The minimum absolute atomic E-state index is 0.123. The van der Waals surface area contributed by atoms with Gasteiger partial charge in [-0.25, -0.2) is 4.99 Å². The van der Waals surface area contributed by atoms with Crippen LogP contribution in [0.3, 0.4) is 0 Å². The van der Waals surface area contributed by atoms with Crippen molar-refractivity contribution in [1.82, 2.24) is 0 Å². The highest BCUT2D eigenvalue weighted by atomic mass is 16.6. The summed E-state index contributed by atoms with van der Waals surface area (Å²) in [6, 6.07) is 10.1. The maximum atomic E-state index is 5.58. The number of rotatable bonds is 3. The minimum Gasteiger partial charge on any atom is -0.475 e. The fourth-order valence-electron chi connectivity index (χ4n) is 1.93. The lowest BCUT2D eigenvalue weighted by Crippen LogP contribution is -2.15. The summed E-state index contributed by atoms with van der Waals surface area (Å²) in [5.74, 6) is 0.726. The third-order valence-electron chi connectivity index (χ3n) is 2.87. The van der Waals surface area contributed by atoms with Crippen LogP contribution in [0.2, 0.25) is 0 Å². The molecule has 1 fully saturated rings. The van der Waals surface area contributed by atoms with Crippen LogP contribution in [0.5, 0.6) is 0 Å². The predicted octanol–water partition coefficient (Wildman–Crippen LogP) is 1.79. The normalized spacial score (nSPS) is 31.8. The molecule has 3 nitrogen and oxygen atoms in total. The van der Waals surface area contributed by atoms with Crippen molar-refractivity contribution in [2.75, 3.05) is 6.61 Å². The monoisotopic (exact) mass is 215 g/mol. The van der Waals surface area contributed by atoms with Crippen molar-refractivity contribution in [3.05, 3.63) is 48.6 Å². The SMILES string of the molecule is C=C[C@H]1O[C@H]1[C@@H]1COC(c2ccccc2)=N1. The van der Waals surface area contributed by atoms with Gasteiger partial charge in [-0.3, -0.25) is 0 Å². The standard InChI is InChI=1S/C13H13NO2/c1-2-11-12(16-11)10-8-15-13(14-10)9-6-4-3-5-7-9/h2-7,10-12H,1,8H2/t10-,11+,12-/m0/s1. The Morgan fingerprint density at radius 3 is 2.81 bits per heavy atom. The Kier molecular flexibility index (Phi) is 2.26. The fraction of sp³-hybridized carbons (Fsp3) is 0.308. The second-order valence-electron chi connectivity index (χ2n) is 3.98. The highest BCUT2D eigenvalue weighted by molar-refractivity contribution is 5.95. The summed E-state index contributed by atoms with van der Waals surface area (Å²) >= 11 is 0. The van der Waals surface area contributed by atoms with E-state index in [0.717, 1.165) is 11.5 Å². The number of benzene rings is 1. The van der Waals surface area contributed by atoms with Crippen molar-refractivity contribution in [2.45, 2.75) is 18.2 Å². The molecule has 3 heteroatoms. The number of hydrogen-bond donors (Lipinski definition) is 0. The molecule has 3 rings (SSSR count). The van der Waals surface area contributed by atoms with E-state index in [-0.39, 0.29) is 18.2 Å². The first kappa shape index (κ1) is 9.60. The lowest BCUT2D eigenvalue weighted by molar-refractivity contribution is 0.282. The van der Waals surface area contributed by atoms with Crippen LogP contribution in [0.15, 0.2) is 48.0 Å². The number of nitrogens with zero attached hydrogens (tertiary/aromatic N) is 1. The molecule has 0 saturated carbocycles. The molecule has 16 heavy (non-hydrogen) atoms. The van der Waals surface area contributed by atoms with Crippen molar-refractivity contribution in [2.24, 2.45) is 4.99 Å². The van der Waals surface area contributed by atoms with Crippen LogP contribution in [0.1, 0.15) is 5.56 Å². The lowest BCUT2D eigenvalue weighted by Gasteiger charge is -1.99. The Bertz CT molecular complexity index is 427. The van der Waals surface area contributed by atoms with Gasteiger partial charge in [0, 0.05) is 5.56 Å². The third-order valence-corrected chi connectivity index (χ3v) is 2.87. The molecule has 0 amide bonds. The molecule has 0 unspecified atom stereocenters. The second-order valence-corrected chi connectivity index (χ2v) is 3.98. The van der Waals surface area contributed by atoms with Crippen molar-refractivity contribution in [3.8, 4) is 0 Å². The van der Waals surface area contributed by atoms with Crippen LogP contribution in [0.4, 0.5) is 0 Å². The second kappa shape index (κ2) is 3.76. The van der Waals surface area contributed by atoms with Gasteiger partial charge in [0.1, 0.15) is 24.9 Å². The zero-order valence-corrected chi connectivity index (χ0v) is 8.87. The smallest absolute Gasteiger partial charge is 0.216 e. The van der Waals surface area contributed by atoms with Crippen molar-refractivity contribution < 1.29 is 9.47 Å². The van der Waals surface area contributed by atoms with Crippen LogP contribution >= 0.6 is 0 Å². The molecule has 0 spiro atoms. The Hall–Kier alpha value is -1.61. The molecule has 1 saturated heterocycles. The van der Waals surface area contributed by atoms with Gasteiger partial charge >= 0.3 is 0 Å². The van der Waals surface area contributed by atoms with Gasteiger partial charge in [0.15, 0.2) is 0 Å². The Morgan fingerprint density at radius 1 is 1.31 bits per heavy atom. The van der Waals surface area contributed by atoms with E-state index in [1.807, 2.05) is 36.4 Å². The quantitative estimate of drug-likeness (QED) is 0.569. The average Bonchev–Trinajstić information content (AvgIpc) is 2.98. The molecule has 3 atom stereocenters. The van der Waals surface area contributed by atoms with Gasteiger partial charge in [-0.2, -0.15) is 0 Å². The third kappa shape index (κ3) is 1.63. The average molecular weight is 215 g/mol. The largest absolute Gasteiger partial charge is 0.475 e. The zero-order valence-electron chi connectivity index (χ0n) is 8.87. The van der Waals surface area contributed by atoms with E-state index in [0.29, 0.717) is 6.61 Å². The summed E-state index contributed by atoms with van der Waals surface area (Å²) in [4.78, 5) is 4.54. The van der Waals surface area contributed by atoms with Crippen LogP contribution in [0, 0.1) is 0 Å². The van der Waals surface area contributed by atoms with Crippen LogP contribution in [-0.2, 0) is 9.47 Å². The van der Waals surface area contributed by atoms with E-state index in [9.17, 15) is 0 Å². The van der Waals surface area contributed by atoms with E-state index in [1.165, 1.54) is 0 Å². The topological polar surface area (TPSA) is 34.1 Å². The van der Waals surface area contributed by atoms with Gasteiger partial charge in [-0.1, -0.05) is 24.3 Å². The van der Waals surface area contributed by atoms with Crippen LogP contribution in [0.25, 0.3) is 0 Å².